The molecule has 1 aliphatic heterocycles. The molecule has 24 heavy (non-hydrogen) atoms. The number of aryl methyl sites for hydroxylation is 1. The zero-order valence-electron chi connectivity index (χ0n) is 14.5. The molecule has 1 aromatic rings. The van der Waals surface area contributed by atoms with E-state index in [4.69, 9.17) is 4.52 Å². The number of aromatic nitrogens is 2. The molecule has 0 spiro atoms. The van der Waals surface area contributed by atoms with Crippen molar-refractivity contribution in [3.05, 3.63) is 11.7 Å². The Kier molecular flexibility index (Phi) is 9.01. The number of guanidine groups is 1. The van der Waals surface area contributed by atoms with E-state index in [0.29, 0.717) is 31.1 Å². The zero-order valence-corrected chi connectivity index (χ0v) is 16.9. The fourth-order valence-electron chi connectivity index (χ4n) is 2.55. The highest BCUT2D eigenvalue weighted by Gasteiger charge is 2.25. The number of amides is 1. The highest BCUT2D eigenvalue weighted by Crippen LogP contribution is 2.10. The molecule has 0 aromatic carbocycles. The van der Waals surface area contributed by atoms with Crippen LogP contribution in [0.2, 0.25) is 0 Å². The van der Waals surface area contributed by atoms with E-state index in [2.05, 4.69) is 25.8 Å². The fraction of sp³-hybridized carbons (Fsp3) is 0.733. The first-order valence-corrected chi connectivity index (χ1v) is 8.24. The Labute approximate surface area is 159 Å². The summed E-state index contributed by atoms with van der Waals surface area (Å²) in [4.78, 5) is 22.3. The number of halogens is 1. The smallest absolute Gasteiger partial charge is 0.228 e. The highest BCUT2D eigenvalue weighted by atomic mass is 127. The standard InChI is InChI=1S/C15H26N6O2.HI/c1-4-14(22)21-9-7-12(10-21)19-15(16-5-2)17-8-6-13-18-11(3)20-23-13;/h12H,4-10H2,1-3H3,(H2,16,17,19);1H. The maximum atomic E-state index is 11.7. The molecule has 0 bridgehead atoms. The number of carbonyl (C=O) groups is 1. The normalized spacial score (nSPS) is 17.5. The van der Waals surface area contributed by atoms with Gasteiger partial charge in [0.05, 0.1) is 6.54 Å². The van der Waals surface area contributed by atoms with E-state index in [9.17, 15) is 4.79 Å². The SMILES string of the molecule is CCNC(=NCCc1nc(C)no1)NC1CCN(C(=O)CC)C1.I. The number of hydrogen-bond donors (Lipinski definition) is 2. The number of nitrogens with one attached hydrogen (secondary N) is 2. The Hall–Kier alpha value is -1.39. The van der Waals surface area contributed by atoms with Gasteiger partial charge < -0.3 is 20.1 Å². The average Bonchev–Trinajstić information content (AvgIpc) is 3.16. The van der Waals surface area contributed by atoms with E-state index >= 15 is 0 Å². The van der Waals surface area contributed by atoms with Gasteiger partial charge in [0.1, 0.15) is 0 Å². The molecule has 9 heteroatoms. The summed E-state index contributed by atoms with van der Waals surface area (Å²) in [5, 5.41) is 10.4. The Morgan fingerprint density at radius 1 is 1.46 bits per heavy atom. The van der Waals surface area contributed by atoms with Crippen molar-refractivity contribution in [3.8, 4) is 0 Å². The lowest BCUT2D eigenvalue weighted by Gasteiger charge is -2.18. The summed E-state index contributed by atoms with van der Waals surface area (Å²) in [6.07, 6.45) is 2.12. The number of aliphatic imine (C=N–C) groups is 1. The van der Waals surface area contributed by atoms with Crippen molar-refractivity contribution in [2.75, 3.05) is 26.2 Å². The van der Waals surface area contributed by atoms with Gasteiger partial charge in [0.15, 0.2) is 11.8 Å². The lowest BCUT2D eigenvalue weighted by atomic mass is 10.3. The second-order valence-electron chi connectivity index (χ2n) is 5.57. The lowest BCUT2D eigenvalue weighted by molar-refractivity contribution is -0.129. The summed E-state index contributed by atoms with van der Waals surface area (Å²) < 4.78 is 5.08. The number of nitrogens with zero attached hydrogens (tertiary/aromatic N) is 4. The molecule has 0 radical (unpaired) electrons. The van der Waals surface area contributed by atoms with Crippen LogP contribution in [0.5, 0.6) is 0 Å². The van der Waals surface area contributed by atoms with E-state index in [1.807, 2.05) is 18.7 Å². The van der Waals surface area contributed by atoms with Gasteiger partial charge in [0.25, 0.3) is 0 Å². The Morgan fingerprint density at radius 2 is 2.25 bits per heavy atom. The van der Waals surface area contributed by atoms with Crippen LogP contribution in [0.15, 0.2) is 9.52 Å². The van der Waals surface area contributed by atoms with Crippen LogP contribution in [0, 0.1) is 6.92 Å². The Balaban J connectivity index is 0.00000288. The van der Waals surface area contributed by atoms with Crippen LogP contribution in [0.25, 0.3) is 0 Å². The fourth-order valence-corrected chi connectivity index (χ4v) is 2.55. The molecule has 1 aromatic heterocycles. The van der Waals surface area contributed by atoms with Crippen LogP contribution >= 0.6 is 24.0 Å². The van der Waals surface area contributed by atoms with Gasteiger partial charge >= 0.3 is 0 Å². The second kappa shape index (κ2) is 10.5. The zero-order chi connectivity index (χ0) is 16.7. The first-order valence-electron chi connectivity index (χ1n) is 8.24. The number of rotatable bonds is 6. The van der Waals surface area contributed by atoms with E-state index < -0.39 is 0 Å². The molecule has 1 aliphatic rings. The molecule has 8 nitrogen and oxygen atoms in total. The van der Waals surface area contributed by atoms with Gasteiger partial charge in [-0.1, -0.05) is 12.1 Å². The molecule has 0 saturated carbocycles. The molecule has 2 N–H and O–H groups in total. The molecular formula is C15H27IN6O2. The average molecular weight is 450 g/mol. The summed E-state index contributed by atoms with van der Waals surface area (Å²) in [5.41, 5.74) is 0. The van der Waals surface area contributed by atoms with Gasteiger partial charge in [-0.05, 0) is 20.3 Å². The molecule has 0 aliphatic carbocycles. The molecule has 2 rings (SSSR count). The summed E-state index contributed by atoms with van der Waals surface area (Å²) in [6, 6.07) is 0.244. The van der Waals surface area contributed by atoms with E-state index in [-0.39, 0.29) is 35.9 Å². The van der Waals surface area contributed by atoms with Crippen molar-refractivity contribution in [3.63, 3.8) is 0 Å². The minimum absolute atomic E-state index is 0. The third kappa shape index (κ3) is 6.25. The van der Waals surface area contributed by atoms with Crippen LogP contribution in [-0.2, 0) is 11.2 Å². The van der Waals surface area contributed by atoms with Crippen molar-refractivity contribution >= 4 is 35.8 Å². The summed E-state index contributed by atoms with van der Waals surface area (Å²) in [5.74, 6) is 2.21. The van der Waals surface area contributed by atoms with Gasteiger partial charge in [-0.2, -0.15) is 4.98 Å². The molecular weight excluding hydrogens is 423 g/mol. The number of hydrogen-bond acceptors (Lipinski definition) is 5. The summed E-state index contributed by atoms with van der Waals surface area (Å²) in [7, 11) is 0. The van der Waals surface area contributed by atoms with Gasteiger partial charge in [0, 0.05) is 38.5 Å². The molecule has 2 heterocycles. The lowest BCUT2D eigenvalue weighted by Crippen LogP contribution is -2.45. The van der Waals surface area contributed by atoms with Crippen LogP contribution in [0.4, 0.5) is 0 Å². The van der Waals surface area contributed by atoms with Crippen molar-refractivity contribution in [1.29, 1.82) is 0 Å². The van der Waals surface area contributed by atoms with Crippen LogP contribution in [0.3, 0.4) is 0 Å². The van der Waals surface area contributed by atoms with Crippen LogP contribution in [0.1, 0.15) is 38.4 Å². The van der Waals surface area contributed by atoms with E-state index in [1.165, 1.54) is 0 Å². The van der Waals surface area contributed by atoms with Gasteiger partial charge in [0.2, 0.25) is 11.8 Å². The summed E-state index contributed by atoms with van der Waals surface area (Å²) >= 11 is 0. The molecule has 1 unspecified atom stereocenters. The molecule has 1 atom stereocenters. The second-order valence-corrected chi connectivity index (χ2v) is 5.57. The van der Waals surface area contributed by atoms with Crippen molar-refractivity contribution in [2.24, 2.45) is 4.99 Å². The minimum Gasteiger partial charge on any atom is -0.357 e. The topological polar surface area (TPSA) is 95.7 Å². The Morgan fingerprint density at radius 3 is 2.88 bits per heavy atom. The molecule has 136 valence electrons. The molecule has 1 saturated heterocycles. The Bertz CT molecular complexity index is 548. The molecule has 1 amide bonds. The van der Waals surface area contributed by atoms with Gasteiger partial charge in [-0.15, -0.1) is 24.0 Å². The summed E-state index contributed by atoms with van der Waals surface area (Å²) in [6.45, 7) is 8.63. The number of carbonyl (C=O) groups excluding carboxylic acids is 1. The third-order valence-corrected chi connectivity index (χ3v) is 3.69. The van der Waals surface area contributed by atoms with E-state index in [0.717, 1.165) is 32.0 Å². The maximum Gasteiger partial charge on any atom is 0.228 e. The van der Waals surface area contributed by atoms with Gasteiger partial charge in [-0.3, -0.25) is 9.79 Å². The highest BCUT2D eigenvalue weighted by molar-refractivity contribution is 14.0. The minimum atomic E-state index is 0. The number of likely N-dealkylation sites (tertiary alicyclic amines) is 1. The maximum absolute atomic E-state index is 11.7. The largest absolute Gasteiger partial charge is 0.357 e. The van der Waals surface area contributed by atoms with Crippen LogP contribution in [-0.4, -0.2) is 59.1 Å². The monoisotopic (exact) mass is 450 g/mol. The van der Waals surface area contributed by atoms with Crippen molar-refractivity contribution in [1.82, 2.24) is 25.7 Å². The van der Waals surface area contributed by atoms with Crippen molar-refractivity contribution < 1.29 is 9.32 Å². The van der Waals surface area contributed by atoms with Crippen LogP contribution < -0.4 is 10.6 Å². The predicted octanol–water partition coefficient (Wildman–Crippen LogP) is 1.10. The quantitative estimate of drug-likeness (QED) is 0.383. The third-order valence-electron chi connectivity index (χ3n) is 3.69. The first-order chi connectivity index (χ1) is 11.1. The predicted molar refractivity (Wildman–Crippen MR) is 103 cm³/mol. The molecule has 1 fully saturated rings. The first kappa shape index (κ1) is 20.7. The van der Waals surface area contributed by atoms with Crippen molar-refractivity contribution in [2.45, 2.75) is 46.1 Å². The van der Waals surface area contributed by atoms with E-state index in [1.54, 1.807) is 6.92 Å². The van der Waals surface area contributed by atoms with Gasteiger partial charge in [-0.25, -0.2) is 0 Å².